The van der Waals surface area contributed by atoms with Crippen molar-refractivity contribution in [1.29, 1.82) is 0 Å². The van der Waals surface area contributed by atoms with Crippen LogP contribution in [0.5, 0.6) is 0 Å². The van der Waals surface area contributed by atoms with E-state index in [9.17, 15) is 4.79 Å². The Morgan fingerprint density at radius 3 is 3.11 bits per heavy atom. The Kier molecular flexibility index (Phi) is 2.31. The molecule has 0 saturated carbocycles. The number of oxazole rings is 1. The summed E-state index contributed by atoms with van der Waals surface area (Å²) in [7, 11) is 1.85. The highest BCUT2D eigenvalue weighted by Gasteiger charge is 2.10. The minimum absolute atomic E-state index is 0.371. The number of nitrogens with two attached hydrogens (primary N) is 1. The van der Waals surface area contributed by atoms with Crippen LogP contribution in [0.3, 0.4) is 0 Å². The zero-order chi connectivity index (χ0) is 12.7. The number of nitrogens with one attached hydrogen (secondary N) is 1. The normalized spacial score (nSPS) is 11.2. The highest BCUT2D eigenvalue weighted by molar-refractivity contribution is 5.80. The average Bonchev–Trinajstić information content (AvgIpc) is 2.89. The molecule has 0 radical (unpaired) electrons. The zero-order valence-corrected chi connectivity index (χ0v) is 9.80. The van der Waals surface area contributed by atoms with E-state index in [2.05, 4.69) is 10.1 Å². The van der Waals surface area contributed by atoms with Gasteiger partial charge in [-0.2, -0.15) is 5.10 Å². The molecule has 3 rings (SSSR count). The number of aromatic amines is 1. The highest BCUT2D eigenvalue weighted by atomic mass is 16.4. The van der Waals surface area contributed by atoms with Gasteiger partial charge in [-0.3, -0.25) is 9.67 Å². The van der Waals surface area contributed by atoms with Crippen molar-refractivity contribution in [2.45, 2.75) is 6.54 Å². The van der Waals surface area contributed by atoms with E-state index in [1.807, 2.05) is 25.4 Å². The van der Waals surface area contributed by atoms with Crippen molar-refractivity contribution in [3.8, 4) is 11.1 Å². The van der Waals surface area contributed by atoms with Crippen LogP contribution in [-0.2, 0) is 13.6 Å². The number of benzene rings is 1. The van der Waals surface area contributed by atoms with E-state index in [0.717, 1.165) is 16.8 Å². The summed E-state index contributed by atoms with van der Waals surface area (Å²) in [5, 5.41) is 4.29. The summed E-state index contributed by atoms with van der Waals surface area (Å²) in [5.74, 6) is -0.451. The highest BCUT2D eigenvalue weighted by Crippen LogP contribution is 2.25. The standard InChI is InChI=1S/C12H12N4O2/c1-16-6-8(10(5-13)15-16)7-2-3-11-9(4-7)14-12(17)18-11/h2-4,6H,5,13H2,1H3,(H,14,17). The van der Waals surface area contributed by atoms with Crippen LogP contribution in [-0.4, -0.2) is 14.8 Å². The summed E-state index contributed by atoms with van der Waals surface area (Å²) < 4.78 is 6.69. The minimum Gasteiger partial charge on any atom is -0.408 e. The van der Waals surface area contributed by atoms with Gasteiger partial charge in [0.25, 0.3) is 0 Å². The fraction of sp³-hybridized carbons (Fsp3) is 0.167. The minimum atomic E-state index is -0.451. The molecule has 0 amide bonds. The molecule has 0 aliphatic heterocycles. The predicted octanol–water partition coefficient (Wildman–Crippen LogP) is 0.980. The molecular formula is C12H12N4O2. The van der Waals surface area contributed by atoms with E-state index in [1.165, 1.54) is 0 Å². The van der Waals surface area contributed by atoms with Crippen LogP contribution < -0.4 is 11.5 Å². The average molecular weight is 244 g/mol. The second-order valence-corrected chi connectivity index (χ2v) is 4.09. The van der Waals surface area contributed by atoms with E-state index in [-0.39, 0.29) is 0 Å². The first-order valence-electron chi connectivity index (χ1n) is 5.53. The Morgan fingerprint density at radius 1 is 1.50 bits per heavy atom. The summed E-state index contributed by atoms with van der Waals surface area (Å²) >= 11 is 0. The lowest BCUT2D eigenvalue weighted by atomic mass is 10.1. The van der Waals surface area contributed by atoms with Crippen molar-refractivity contribution in [2.75, 3.05) is 0 Å². The van der Waals surface area contributed by atoms with Gasteiger partial charge in [-0.05, 0) is 17.7 Å². The first kappa shape index (κ1) is 10.8. The first-order chi connectivity index (χ1) is 8.67. The van der Waals surface area contributed by atoms with Crippen molar-refractivity contribution >= 4 is 11.1 Å². The van der Waals surface area contributed by atoms with Crippen molar-refractivity contribution in [3.63, 3.8) is 0 Å². The molecule has 1 aromatic carbocycles. The summed E-state index contributed by atoms with van der Waals surface area (Å²) in [6.45, 7) is 0.371. The second-order valence-electron chi connectivity index (χ2n) is 4.09. The van der Waals surface area contributed by atoms with Crippen LogP contribution in [0.15, 0.2) is 33.6 Å². The van der Waals surface area contributed by atoms with Gasteiger partial charge in [-0.25, -0.2) is 4.79 Å². The number of fused-ring (bicyclic) bond motifs is 1. The lowest BCUT2D eigenvalue weighted by Gasteiger charge is -1.99. The number of aromatic nitrogens is 3. The van der Waals surface area contributed by atoms with E-state index in [1.54, 1.807) is 10.7 Å². The molecule has 0 atom stereocenters. The maximum Gasteiger partial charge on any atom is 0.417 e. The molecule has 0 fully saturated rings. The molecule has 18 heavy (non-hydrogen) atoms. The fourth-order valence-corrected chi connectivity index (χ4v) is 2.05. The van der Waals surface area contributed by atoms with Gasteiger partial charge in [-0.1, -0.05) is 6.07 Å². The number of hydrogen-bond donors (Lipinski definition) is 2. The molecule has 0 spiro atoms. The topological polar surface area (TPSA) is 89.8 Å². The second kappa shape index (κ2) is 3.85. The van der Waals surface area contributed by atoms with Crippen LogP contribution >= 0.6 is 0 Å². The third-order valence-corrected chi connectivity index (χ3v) is 2.83. The van der Waals surface area contributed by atoms with Crippen LogP contribution in [0.2, 0.25) is 0 Å². The summed E-state index contributed by atoms with van der Waals surface area (Å²) in [4.78, 5) is 13.7. The molecule has 0 aliphatic carbocycles. The third-order valence-electron chi connectivity index (χ3n) is 2.83. The van der Waals surface area contributed by atoms with Gasteiger partial charge in [0.1, 0.15) is 0 Å². The van der Waals surface area contributed by atoms with Crippen LogP contribution in [0.4, 0.5) is 0 Å². The maximum absolute atomic E-state index is 11.1. The van der Waals surface area contributed by atoms with Gasteiger partial charge in [0.05, 0.1) is 11.2 Å². The van der Waals surface area contributed by atoms with Crippen LogP contribution in [0.25, 0.3) is 22.2 Å². The first-order valence-corrected chi connectivity index (χ1v) is 5.53. The monoisotopic (exact) mass is 244 g/mol. The molecule has 0 unspecified atom stereocenters. The zero-order valence-electron chi connectivity index (χ0n) is 9.80. The molecule has 2 aromatic heterocycles. The summed E-state index contributed by atoms with van der Waals surface area (Å²) in [5.41, 5.74) is 9.62. The SMILES string of the molecule is Cn1cc(-c2ccc3oc(=O)[nH]c3c2)c(CN)n1. The van der Waals surface area contributed by atoms with Crippen molar-refractivity contribution in [3.05, 3.63) is 40.6 Å². The number of aryl methyl sites for hydroxylation is 1. The number of hydrogen-bond acceptors (Lipinski definition) is 4. The molecule has 0 bridgehead atoms. The molecule has 3 N–H and O–H groups in total. The smallest absolute Gasteiger partial charge is 0.408 e. The van der Waals surface area contributed by atoms with E-state index in [4.69, 9.17) is 10.2 Å². The lowest BCUT2D eigenvalue weighted by molar-refractivity contribution is 0.555. The Morgan fingerprint density at radius 2 is 2.33 bits per heavy atom. The molecule has 92 valence electrons. The number of nitrogens with zero attached hydrogens (tertiary/aromatic N) is 2. The number of H-pyrrole nitrogens is 1. The molecular weight excluding hydrogens is 232 g/mol. The van der Waals surface area contributed by atoms with Gasteiger partial charge in [0.15, 0.2) is 5.58 Å². The predicted molar refractivity (Wildman–Crippen MR) is 66.9 cm³/mol. The molecule has 6 heteroatoms. The van der Waals surface area contributed by atoms with Crippen LogP contribution in [0.1, 0.15) is 5.69 Å². The Hall–Kier alpha value is -2.34. The van der Waals surface area contributed by atoms with Crippen LogP contribution in [0, 0.1) is 0 Å². The Labute approximate surface area is 102 Å². The van der Waals surface area contributed by atoms with E-state index < -0.39 is 5.76 Å². The lowest BCUT2D eigenvalue weighted by Crippen LogP contribution is -1.99. The fourth-order valence-electron chi connectivity index (χ4n) is 2.05. The Balaban J connectivity index is 2.21. The molecule has 2 heterocycles. The molecule has 3 aromatic rings. The van der Waals surface area contributed by atoms with Gasteiger partial charge in [0.2, 0.25) is 0 Å². The molecule has 6 nitrogen and oxygen atoms in total. The maximum atomic E-state index is 11.1. The largest absolute Gasteiger partial charge is 0.417 e. The number of rotatable bonds is 2. The van der Waals surface area contributed by atoms with Crippen molar-refractivity contribution in [2.24, 2.45) is 12.8 Å². The van der Waals surface area contributed by atoms with Gasteiger partial charge in [-0.15, -0.1) is 0 Å². The van der Waals surface area contributed by atoms with E-state index in [0.29, 0.717) is 17.6 Å². The van der Waals surface area contributed by atoms with Gasteiger partial charge < -0.3 is 10.2 Å². The molecule has 0 aliphatic rings. The van der Waals surface area contributed by atoms with Crippen molar-refractivity contribution in [1.82, 2.24) is 14.8 Å². The quantitative estimate of drug-likeness (QED) is 0.703. The van der Waals surface area contributed by atoms with Gasteiger partial charge >= 0.3 is 5.76 Å². The van der Waals surface area contributed by atoms with Crippen molar-refractivity contribution < 1.29 is 4.42 Å². The third kappa shape index (κ3) is 1.63. The summed E-state index contributed by atoms with van der Waals surface area (Å²) in [6.07, 6.45) is 1.90. The molecule has 0 saturated heterocycles. The summed E-state index contributed by atoms with van der Waals surface area (Å²) in [6, 6.07) is 5.50. The van der Waals surface area contributed by atoms with E-state index >= 15 is 0 Å². The Bertz CT molecular complexity index is 766. The van der Waals surface area contributed by atoms with Gasteiger partial charge in [0, 0.05) is 25.4 Å².